The van der Waals surface area contributed by atoms with E-state index in [0.717, 1.165) is 64.2 Å². The molecule has 10 heteroatoms. The van der Waals surface area contributed by atoms with Crippen molar-refractivity contribution >= 4 is 19.8 Å². The first-order valence-electron chi connectivity index (χ1n) is 25.3. The Morgan fingerprint density at radius 3 is 1.27 bits per heavy atom. The summed E-state index contributed by atoms with van der Waals surface area (Å²) in [5, 5.41) is 0. The van der Waals surface area contributed by atoms with Crippen molar-refractivity contribution < 1.29 is 42.1 Å². The molecule has 0 aliphatic carbocycles. The standard InChI is InChI=1S/C52H96NO8P/c1-6-8-10-12-14-16-18-20-22-24-26-28-30-32-34-36-38-40-42-44-51(54)58-48-50(49-60-62(56,57)59-47-46-53(3,4)5)61-52(55)45-43-41-39-37-35-33-31-29-27-25-23-21-19-17-15-13-11-9-7-2/h14-17,20-23,50H,6-13,18-19,24-49H2,1-5H3/b16-14+,17-15+,22-20+,23-21+/t50-/m1/s1. The molecule has 0 rings (SSSR count). The van der Waals surface area contributed by atoms with Crippen LogP contribution >= 0.6 is 7.82 Å². The minimum atomic E-state index is -4.63. The van der Waals surface area contributed by atoms with E-state index in [4.69, 9.17) is 18.5 Å². The predicted octanol–water partition coefficient (Wildman–Crippen LogP) is 14.4. The third kappa shape index (κ3) is 47.4. The Labute approximate surface area is 382 Å². The second-order valence-electron chi connectivity index (χ2n) is 18.2. The van der Waals surface area contributed by atoms with Crippen molar-refractivity contribution in [3.05, 3.63) is 48.6 Å². The van der Waals surface area contributed by atoms with E-state index >= 15 is 0 Å². The maximum absolute atomic E-state index is 12.7. The van der Waals surface area contributed by atoms with E-state index in [1.54, 1.807) is 0 Å². The van der Waals surface area contributed by atoms with Crippen LogP contribution in [-0.4, -0.2) is 70.0 Å². The summed E-state index contributed by atoms with van der Waals surface area (Å²) in [6, 6.07) is 0. The number of esters is 2. The maximum Gasteiger partial charge on any atom is 0.306 e. The van der Waals surface area contributed by atoms with Crippen LogP contribution in [0, 0.1) is 0 Å². The predicted molar refractivity (Wildman–Crippen MR) is 259 cm³/mol. The Kier molecular flexibility index (Phi) is 42.7. The molecule has 0 bridgehead atoms. The van der Waals surface area contributed by atoms with Gasteiger partial charge in [-0.15, -0.1) is 0 Å². The van der Waals surface area contributed by atoms with Gasteiger partial charge < -0.3 is 27.9 Å². The molecule has 0 aromatic heterocycles. The van der Waals surface area contributed by atoms with Gasteiger partial charge in [-0.25, -0.2) is 0 Å². The summed E-state index contributed by atoms with van der Waals surface area (Å²) in [5.74, 6) is -0.840. The second-order valence-corrected chi connectivity index (χ2v) is 19.6. The molecule has 1 unspecified atom stereocenters. The number of allylic oxidation sites excluding steroid dienone is 8. The summed E-state index contributed by atoms with van der Waals surface area (Å²) in [6.07, 6.45) is 52.7. The van der Waals surface area contributed by atoms with Gasteiger partial charge in [-0.3, -0.25) is 14.2 Å². The fraction of sp³-hybridized carbons (Fsp3) is 0.808. The number of likely N-dealkylation sites (N-methyl/N-ethyl adjacent to an activating group) is 1. The molecule has 0 amide bonds. The van der Waals surface area contributed by atoms with Crippen molar-refractivity contribution in [1.82, 2.24) is 0 Å². The van der Waals surface area contributed by atoms with E-state index in [-0.39, 0.29) is 32.0 Å². The number of quaternary nitrogens is 1. The summed E-state index contributed by atoms with van der Waals surface area (Å²) < 4.78 is 34.0. The van der Waals surface area contributed by atoms with Crippen molar-refractivity contribution in [2.45, 2.75) is 225 Å². The molecule has 0 aromatic carbocycles. The summed E-state index contributed by atoms with van der Waals surface area (Å²) in [5.41, 5.74) is 0. The smallest absolute Gasteiger partial charge is 0.306 e. The normalized spacial score (nSPS) is 13.8. The molecular weight excluding hydrogens is 798 g/mol. The zero-order chi connectivity index (χ0) is 45.7. The van der Waals surface area contributed by atoms with Gasteiger partial charge in [0.2, 0.25) is 0 Å². The van der Waals surface area contributed by atoms with Crippen LogP contribution in [-0.2, 0) is 32.7 Å². The van der Waals surface area contributed by atoms with Crippen LogP contribution < -0.4 is 4.89 Å². The molecular formula is C52H96NO8P. The number of unbranched alkanes of at least 4 members (excludes halogenated alkanes) is 24. The third-order valence-corrected chi connectivity index (χ3v) is 11.8. The number of nitrogens with zero attached hydrogens (tertiary/aromatic N) is 1. The van der Waals surface area contributed by atoms with Crippen LogP contribution in [0.5, 0.6) is 0 Å². The minimum absolute atomic E-state index is 0.0333. The van der Waals surface area contributed by atoms with Gasteiger partial charge in [0.15, 0.2) is 6.10 Å². The molecule has 0 saturated heterocycles. The number of hydrogen-bond acceptors (Lipinski definition) is 8. The minimum Gasteiger partial charge on any atom is -0.756 e. The van der Waals surface area contributed by atoms with E-state index in [1.807, 2.05) is 21.1 Å². The highest BCUT2D eigenvalue weighted by atomic mass is 31.2. The SMILES string of the molecule is CCCCC/C=C/C/C=C/CCCCCCCCCCCC(=O)OC[C@H](COP(=O)([O-])OCC[N+](C)(C)C)OC(=O)CCCCCCCCCCC/C=C/C/C=C/CCCCC. The third-order valence-electron chi connectivity index (χ3n) is 10.8. The molecule has 0 fully saturated rings. The van der Waals surface area contributed by atoms with Gasteiger partial charge in [0.1, 0.15) is 19.8 Å². The number of hydrogen-bond donors (Lipinski definition) is 0. The van der Waals surface area contributed by atoms with Crippen molar-refractivity contribution in [3.8, 4) is 0 Å². The Hall–Kier alpha value is -2.03. The Morgan fingerprint density at radius 1 is 0.500 bits per heavy atom. The largest absolute Gasteiger partial charge is 0.756 e. The summed E-state index contributed by atoms with van der Waals surface area (Å²) in [6.45, 7) is 4.19. The first-order chi connectivity index (χ1) is 30.0. The van der Waals surface area contributed by atoms with E-state index < -0.39 is 26.5 Å². The van der Waals surface area contributed by atoms with Crippen LogP contribution in [0.25, 0.3) is 0 Å². The van der Waals surface area contributed by atoms with Crippen LogP contribution in [0.15, 0.2) is 48.6 Å². The number of ether oxygens (including phenoxy) is 2. The molecule has 2 atom stereocenters. The highest BCUT2D eigenvalue weighted by molar-refractivity contribution is 7.45. The molecule has 0 spiro atoms. The average molecular weight is 894 g/mol. The average Bonchev–Trinajstić information content (AvgIpc) is 3.23. The molecule has 0 aliphatic rings. The molecule has 0 N–H and O–H groups in total. The number of carbonyl (C=O) groups is 2. The van der Waals surface area contributed by atoms with Crippen molar-refractivity contribution in [2.75, 3.05) is 47.5 Å². The van der Waals surface area contributed by atoms with Crippen molar-refractivity contribution in [2.24, 2.45) is 0 Å². The van der Waals surface area contributed by atoms with Crippen LogP contribution in [0.3, 0.4) is 0 Å². The quantitative estimate of drug-likeness (QED) is 0.0195. The van der Waals surface area contributed by atoms with E-state index in [1.165, 1.54) is 122 Å². The summed E-state index contributed by atoms with van der Waals surface area (Å²) >= 11 is 0. The second kappa shape index (κ2) is 44.2. The van der Waals surface area contributed by atoms with E-state index in [2.05, 4.69) is 62.5 Å². The lowest BCUT2D eigenvalue weighted by atomic mass is 10.1. The van der Waals surface area contributed by atoms with Gasteiger partial charge in [0, 0.05) is 12.8 Å². The molecule has 0 aliphatic heterocycles. The topological polar surface area (TPSA) is 111 Å². The fourth-order valence-electron chi connectivity index (χ4n) is 6.83. The zero-order valence-corrected chi connectivity index (χ0v) is 41.7. The number of phosphoric acid groups is 1. The Balaban J connectivity index is 4.27. The number of carbonyl (C=O) groups excluding carboxylic acids is 2. The van der Waals surface area contributed by atoms with Crippen LogP contribution in [0.4, 0.5) is 0 Å². The summed E-state index contributed by atoms with van der Waals surface area (Å²) in [4.78, 5) is 37.7. The molecule has 9 nitrogen and oxygen atoms in total. The van der Waals surface area contributed by atoms with Crippen LogP contribution in [0.2, 0.25) is 0 Å². The molecule has 362 valence electrons. The molecule has 0 saturated carbocycles. The van der Waals surface area contributed by atoms with Gasteiger partial charge in [-0.05, 0) is 77.0 Å². The first-order valence-corrected chi connectivity index (χ1v) is 26.8. The lowest BCUT2D eigenvalue weighted by molar-refractivity contribution is -0.870. The van der Waals surface area contributed by atoms with E-state index in [0.29, 0.717) is 17.4 Å². The number of rotatable bonds is 46. The van der Waals surface area contributed by atoms with Gasteiger partial charge >= 0.3 is 11.9 Å². The first kappa shape index (κ1) is 60.0. The number of phosphoric ester groups is 1. The zero-order valence-electron chi connectivity index (χ0n) is 40.8. The highest BCUT2D eigenvalue weighted by Crippen LogP contribution is 2.38. The van der Waals surface area contributed by atoms with Crippen molar-refractivity contribution in [3.63, 3.8) is 0 Å². The monoisotopic (exact) mass is 894 g/mol. The molecule has 0 aromatic rings. The molecule has 62 heavy (non-hydrogen) atoms. The molecule has 0 heterocycles. The molecule has 0 radical (unpaired) electrons. The van der Waals surface area contributed by atoms with Crippen LogP contribution in [0.1, 0.15) is 219 Å². The summed E-state index contributed by atoms with van der Waals surface area (Å²) in [7, 11) is 1.16. The maximum atomic E-state index is 12.7. The Bertz CT molecular complexity index is 1190. The highest BCUT2D eigenvalue weighted by Gasteiger charge is 2.21. The van der Waals surface area contributed by atoms with Gasteiger partial charge in [0.25, 0.3) is 7.82 Å². The van der Waals surface area contributed by atoms with Gasteiger partial charge in [-0.1, -0.05) is 178 Å². The Morgan fingerprint density at radius 2 is 0.871 bits per heavy atom. The van der Waals surface area contributed by atoms with E-state index in [9.17, 15) is 19.0 Å². The van der Waals surface area contributed by atoms with Gasteiger partial charge in [-0.2, -0.15) is 0 Å². The van der Waals surface area contributed by atoms with Gasteiger partial charge in [0.05, 0.1) is 27.7 Å². The van der Waals surface area contributed by atoms with Crippen molar-refractivity contribution in [1.29, 1.82) is 0 Å². The fourth-order valence-corrected chi connectivity index (χ4v) is 7.56. The lowest BCUT2D eigenvalue weighted by Gasteiger charge is -2.28. The lowest BCUT2D eigenvalue weighted by Crippen LogP contribution is -2.37.